The van der Waals surface area contributed by atoms with Crippen molar-refractivity contribution in [2.24, 2.45) is 0 Å². The van der Waals surface area contributed by atoms with Crippen molar-refractivity contribution in [1.82, 2.24) is 9.88 Å². The molecule has 31 heavy (non-hydrogen) atoms. The number of aliphatic hydroxyl groups is 1. The fraction of sp³-hybridized carbons (Fsp3) is 0.208. The number of amides is 1. The Bertz CT molecular complexity index is 1190. The van der Waals surface area contributed by atoms with Gasteiger partial charge in [0.1, 0.15) is 17.6 Å². The molecule has 2 aliphatic rings. The Morgan fingerprint density at radius 2 is 2.03 bits per heavy atom. The van der Waals surface area contributed by atoms with E-state index in [-0.39, 0.29) is 24.0 Å². The number of carbonyl (C=O) groups excluding carboxylic acids is 2. The van der Waals surface area contributed by atoms with E-state index in [1.807, 2.05) is 42.6 Å². The molecule has 2 aromatic heterocycles. The van der Waals surface area contributed by atoms with E-state index in [1.54, 1.807) is 24.5 Å². The number of aromatic nitrogens is 1. The average Bonchev–Trinajstić information content (AvgIpc) is 3.48. The number of ketones is 1. The quantitative estimate of drug-likeness (QED) is 0.382. The lowest BCUT2D eigenvalue weighted by molar-refractivity contribution is -0.140. The highest BCUT2D eigenvalue weighted by Gasteiger charge is 2.46. The van der Waals surface area contributed by atoms with Crippen LogP contribution in [0.5, 0.6) is 5.75 Å². The third-order valence-electron chi connectivity index (χ3n) is 5.62. The summed E-state index contributed by atoms with van der Waals surface area (Å²) in [5, 5.41) is 13.1. The molecule has 1 N–H and O–H groups in total. The number of aliphatic hydroxyl groups excluding tert-OH is 1. The first kappa shape index (κ1) is 19.5. The highest BCUT2D eigenvalue weighted by Crippen LogP contribution is 2.42. The normalized spacial score (nSPS) is 21.9. The predicted octanol–water partition coefficient (Wildman–Crippen LogP) is 4.09. The number of hydrogen-bond donors (Lipinski definition) is 1. The van der Waals surface area contributed by atoms with E-state index in [0.29, 0.717) is 5.56 Å². The summed E-state index contributed by atoms with van der Waals surface area (Å²) in [6.07, 6.45) is 4.12. The van der Waals surface area contributed by atoms with Gasteiger partial charge in [-0.2, -0.15) is 0 Å². The summed E-state index contributed by atoms with van der Waals surface area (Å²) < 4.78 is 5.74. The standard InChI is InChI=1S/C24H20N2O4S/c1-14-11-17-12-16(4-5-18(17)30-14)22(27)20-21(19-3-2-10-31-19)26(24(29)23(20)28)13-15-6-8-25-9-7-15/h2-10,12,14,21,27H,11,13H2,1H3/b22-20-. The number of fused-ring (bicyclic) bond motifs is 1. The summed E-state index contributed by atoms with van der Waals surface area (Å²) in [5.74, 6) is -0.654. The number of thiophene rings is 1. The van der Waals surface area contributed by atoms with Crippen LogP contribution in [0.25, 0.3) is 5.76 Å². The number of Topliss-reactive ketones (excluding diaryl/α,β-unsaturated/α-hetero) is 1. The first-order chi connectivity index (χ1) is 15.0. The van der Waals surface area contributed by atoms with Crippen LogP contribution in [-0.4, -0.2) is 32.8 Å². The molecule has 156 valence electrons. The van der Waals surface area contributed by atoms with Gasteiger partial charge in [-0.15, -0.1) is 11.3 Å². The largest absolute Gasteiger partial charge is 0.507 e. The van der Waals surface area contributed by atoms with Gasteiger partial charge in [0.2, 0.25) is 0 Å². The first-order valence-corrected chi connectivity index (χ1v) is 10.9. The predicted molar refractivity (Wildman–Crippen MR) is 117 cm³/mol. The highest BCUT2D eigenvalue weighted by atomic mass is 32.1. The van der Waals surface area contributed by atoms with Gasteiger partial charge in [0, 0.05) is 35.8 Å². The van der Waals surface area contributed by atoms with Crippen molar-refractivity contribution >= 4 is 28.8 Å². The topological polar surface area (TPSA) is 79.7 Å². The van der Waals surface area contributed by atoms with Crippen LogP contribution in [0.4, 0.5) is 0 Å². The molecular formula is C24H20N2O4S. The second kappa shape index (κ2) is 7.67. The third kappa shape index (κ3) is 3.41. The lowest BCUT2D eigenvalue weighted by atomic mass is 9.98. The van der Waals surface area contributed by atoms with Crippen LogP contribution in [0.2, 0.25) is 0 Å². The van der Waals surface area contributed by atoms with Gasteiger partial charge in [-0.1, -0.05) is 6.07 Å². The van der Waals surface area contributed by atoms with Gasteiger partial charge in [0.05, 0.1) is 11.6 Å². The molecule has 3 aromatic rings. The molecule has 7 heteroatoms. The van der Waals surface area contributed by atoms with Crippen LogP contribution in [0.1, 0.15) is 34.5 Å². The fourth-order valence-corrected chi connectivity index (χ4v) is 5.04. The summed E-state index contributed by atoms with van der Waals surface area (Å²) in [6, 6.07) is 12.1. The van der Waals surface area contributed by atoms with Crippen LogP contribution < -0.4 is 4.74 Å². The number of rotatable bonds is 4. The molecule has 1 amide bonds. The van der Waals surface area contributed by atoms with E-state index >= 15 is 0 Å². The smallest absolute Gasteiger partial charge is 0.295 e. The van der Waals surface area contributed by atoms with Crippen molar-refractivity contribution in [1.29, 1.82) is 0 Å². The number of likely N-dealkylation sites (tertiary alicyclic amines) is 1. The number of pyridine rings is 1. The second-order valence-corrected chi connectivity index (χ2v) is 8.73. The molecule has 1 fully saturated rings. The Morgan fingerprint density at radius 3 is 2.77 bits per heavy atom. The van der Waals surface area contributed by atoms with Gasteiger partial charge in [0.25, 0.3) is 11.7 Å². The molecule has 5 rings (SSSR count). The number of ether oxygens (including phenoxy) is 1. The minimum Gasteiger partial charge on any atom is -0.507 e. The van der Waals surface area contributed by atoms with Crippen molar-refractivity contribution in [2.45, 2.75) is 32.0 Å². The van der Waals surface area contributed by atoms with Crippen LogP contribution in [-0.2, 0) is 22.6 Å². The third-order valence-corrected chi connectivity index (χ3v) is 6.55. The molecule has 2 atom stereocenters. The average molecular weight is 433 g/mol. The molecule has 2 unspecified atom stereocenters. The minimum atomic E-state index is -0.671. The maximum Gasteiger partial charge on any atom is 0.295 e. The van der Waals surface area contributed by atoms with Crippen molar-refractivity contribution in [2.75, 3.05) is 0 Å². The molecule has 0 spiro atoms. The fourth-order valence-electron chi connectivity index (χ4n) is 4.20. The van der Waals surface area contributed by atoms with E-state index in [9.17, 15) is 14.7 Å². The number of benzene rings is 1. The van der Waals surface area contributed by atoms with Gasteiger partial charge in [-0.3, -0.25) is 14.6 Å². The van der Waals surface area contributed by atoms with Crippen molar-refractivity contribution in [3.05, 3.63) is 87.4 Å². The zero-order valence-corrected chi connectivity index (χ0v) is 17.6. The van der Waals surface area contributed by atoms with Gasteiger partial charge in [-0.05, 0) is 59.8 Å². The van der Waals surface area contributed by atoms with Crippen LogP contribution in [0.15, 0.2) is 65.8 Å². The van der Waals surface area contributed by atoms with Crippen LogP contribution in [0.3, 0.4) is 0 Å². The van der Waals surface area contributed by atoms with Crippen LogP contribution in [0, 0.1) is 0 Å². The zero-order valence-electron chi connectivity index (χ0n) is 16.8. The Kier molecular flexibility index (Phi) is 4.82. The van der Waals surface area contributed by atoms with Gasteiger partial charge >= 0.3 is 0 Å². The second-order valence-electron chi connectivity index (χ2n) is 7.75. The molecule has 0 radical (unpaired) electrons. The lowest BCUT2D eigenvalue weighted by Crippen LogP contribution is -2.28. The summed E-state index contributed by atoms with van der Waals surface area (Å²) in [7, 11) is 0. The van der Waals surface area contributed by atoms with E-state index in [1.165, 1.54) is 16.2 Å². The first-order valence-electron chi connectivity index (χ1n) is 10.0. The number of carbonyl (C=O) groups is 2. The maximum atomic E-state index is 13.1. The van der Waals surface area contributed by atoms with Crippen molar-refractivity contribution in [3.63, 3.8) is 0 Å². The van der Waals surface area contributed by atoms with Crippen LogP contribution >= 0.6 is 11.3 Å². The Labute approximate surface area is 183 Å². The molecule has 1 saturated heterocycles. The highest BCUT2D eigenvalue weighted by molar-refractivity contribution is 7.10. The van der Waals surface area contributed by atoms with E-state index in [2.05, 4.69) is 4.98 Å². The summed E-state index contributed by atoms with van der Waals surface area (Å²) >= 11 is 1.45. The monoisotopic (exact) mass is 432 g/mol. The Hall–Kier alpha value is -3.45. The maximum absolute atomic E-state index is 13.1. The van der Waals surface area contributed by atoms with Gasteiger partial charge in [-0.25, -0.2) is 0 Å². The van der Waals surface area contributed by atoms with Gasteiger partial charge in [0.15, 0.2) is 0 Å². The van der Waals surface area contributed by atoms with Crippen molar-refractivity contribution in [3.8, 4) is 5.75 Å². The van der Waals surface area contributed by atoms with E-state index in [0.717, 1.165) is 28.2 Å². The Morgan fingerprint density at radius 1 is 1.23 bits per heavy atom. The van der Waals surface area contributed by atoms with E-state index < -0.39 is 17.7 Å². The molecule has 0 saturated carbocycles. The summed E-state index contributed by atoms with van der Waals surface area (Å²) in [6.45, 7) is 2.24. The molecule has 6 nitrogen and oxygen atoms in total. The zero-order chi connectivity index (χ0) is 21.5. The molecule has 2 aliphatic heterocycles. The Balaban J connectivity index is 1.60. The van der Waals surface area contributed by atoms with Gasteiger partial charge < -0.3 is 14.7 Å². The lowest BCUT2D eigenvalue weighted by Gasteiger charge is -2.24. The SMILES string of the molecule is CC1Cc2cc(/C(O)=C3/C(=O)C(=O)N(Cc4ccncc4)C3c3cccs3)ccc2O1. The molecule has 0 bridgehead atoms. The number of hydrogen-bond acceptors (Lipinski definition) is 6. The number of nitrogens with zero attached hydrogens (tertiary/aromatic N) is 2. The molecule has 0 aliphatic carbocycles. The molecular weight excluding hydrogens is 412 g/mol. The van der Waals surface area contributed by atoms with Crippen molar-refractivity contribution < 1.29 is 19.4 Å². The molecule has 4 heterocycles. The summed E-state index contributed by atoms with van der Waals surface area (Å²) in [4.78, 5) is 32.4. The molecule has 1 aromatic carbocycles. The minimum absolute atomic E-state index is 0.0736. The summed E-state index contributed by atoms with van der Waals surface area (Å²) in [5.41, 5.74) is 2.48. The van der Waals surface area contributed by atoms with E-state index in [4.69, 9.17) is 4.74 Å².